The number of nitriles is 2. The molecule has 1 aromatic carbocycles. The molecule has 0 aliphatic rings. The largest absolute Gasteiger partial charge is 0.207 e. The van der Waals surface area contributed by atoms with E-state index in [4.69, 9.17) is 10.5 Å². The summed E-state index contributed by atoms with van der Waals surface area (Å²) < 4.78 is 13.2. The molecule has 0 unspecified atom stereocenters. The molecule has 0 fully saturated rings. The predicted molar refractivity (Wildman–Crippen MR) is 59.0 cm³/mol. The van der Waals surface area contributed by atoms with Crippen LogP contribution < -0.4 is 0 Å². The zero-order valence-electron chi connectivity index (χ0n) is 9.42. The van der Waals surface area contributed by atoms with Crippen LogP contribution >= 0.6 is 0 Å². The maximum atomic E-state index is 13.2. The van der Waals surface area contributed by atoms with Crippen LogP contribution in [0.25, 0.3) is 0 Å². The Morgan fingerprint density at radius 3 is 2.50 bits per heavy atom. The van der Waals surface area contributed by atoms with Crippen molar-refractivity contribution in [1.82, 2.24) is 0 Å². The Bertz CT molecular complexity index is 464. The minimum absolute atomic E-state index is 0.147. The standard InChI is InChI=1S/C13H13FN2/c1-9(2)5-13-10(3-4-15)6-12(14)7-11(13)8-16/h6-7,9H,3,5H2,1-2H3. The molecule has 1 aromatic rings. The molecule has 82 valence electrons. The van der Waals surface area contributed by atoms with E-state index < -0.39 is 5.82 Å². The summed E-state index contributed by atoms with van der Waals surface area (Å²) in [6, 6.07) is 6.57. The third-order valence-electron chi connectivity index (χ3n) is 2.31. The molecule has 0 aliphatic heterocycles. The van der Waals surface area contributed by atoms with E-state index in [1.807, 2.05) is 26.0 Å². The van der Waals surface area contributed by atoms with Crippen molar-refractivity contribution in [3.8, 4) is 12.1 Å². The minimum Gasteiger partial charge on any atom is -0.207 e. The molecule has 0 bridgehead atoms. The lowest BCUT2D eigenvalue weighted by atomic mass is 9.92. The number of rotatable bonds is 3. The van der Waals surface area contributed by atoms with Gasteiger partial charge in [0, 0.05) is 0 Å². The van der Waals surface area contributed by atoms with Crippen LogP contribution in [-0.4, -0.2) is 0 Å². The second kappa shape index (κ2) is 5.28. The van der Waals surface area contributed by atoms with Crippen molar-refractivity contribution in [3.63, 3.8) is 0 Å². The van der Waals surface area contributed by atoms with Crippen LogP contribution in [0.1, 0.15) is 30.5 Å². The molecule has 1 rings (SSSR count). The number of nitrogens with zero attached hydrogens (tertiary/aromatic N) is 2. The van der Waals surface area contributed by atoms with Crippen molar-refractivity contribution in [3.05, 3.63) is 34.6 Å². The van der Waals surface area contributed by atoms with Gasteiger partial charge in [0.25, 0.3) is 0 Å². The van der Waals surface area contributed by atoms with Gasteiger partial charge in [0.1, 0.15) is 5.82 Å². The quantitative estimate of drug-likeness (QED) is 0.779. The van der Waals surface area contributed by atoms with Gasteiger partial charge in [-0.3, -0.25) is 0 Å². The minimum atomic E-state index is -0.450. The van der Waals surface area contributed by atoms with Crippen LogP contribution in [0.5, 0.6) is 0 Å². The van der Waals surface area contributed by atoms with Gasteiger partial charge in [0.2, 0.25) is 0 Å². The molecule has 0 N–H and O–H groups in total. The van der Waals surface area contributed by atoms with Gasteiger partial charge in [-0.2, -0.15) is 10.5 Å². The van der Waals surface area contributed by atoms with Crippen LogP contribution in [0.2, 0.25) is 0 Å². The average molecular weight is 216 g/mol. The molecule has 0 aromatic heterocycles. The first-order valence-corrected chi connectivity index (χ1v) is 5.16. The SMILES string of the molecule is CC(C)Cc1c(C#N)cc(F)cc1CC#N. The maximum Gasteiger partial charge on any atom is 0.124 e. The second-order valence-electron chi connectivity index (χ2n) is 4.14. The van der Waals surface area contributed by atoms with E-state index in [0.29, 0.717) is 23.5 Å². The fourth-order valence-corrected chi connectivity index (χ4v) is 1.69. The van der Waals surface area contributed by atoms with Gasteiger partial charge in [-0.25, -0.2) is 4.39 Å². The van der Waals surface area contributed by atoms with Gasteiger partial charge in [0.05, 0.1) is 24.1 Å². The number of halogens is 1. The van der Waals surface area contributed by atoms with E-state index in [1.165, 1.54) is 12.1 Å². The Morgan fingerprint density at radius 1 is 1.31 bits per heavy atom. The van der Waals surface area contributed by atoms with E-state index in [2.05, 4.69) is 0 Å². The third kappa shape index (κ3) is 2.81. The van der Waals surface area contributed by atoms with Crippen LogP contribution in [-0.2, 0) is 12.8 Å². The summed E-state index contributed by atoms with van der Waals surface area (Å²) in [4.78, 5) is 0. The third-order valence-corrected chi connectivity index (χ3v) is 2.31. The second-order valence-corrected chi connectivity index (χ2v) is 4.14. The highest BCUT2D eigenvalue weighted by molar-refractivity contribution is 5.44. The Labute approximate surface area is 94.9 Å². The summed E-state index contributed by atoms with van der Waals surface area (Å²) in [5.74, 6) is -0.0793. The van der Waals surface area contributed by atoms with Crippen LogP contribution in [0.3, 0.4) is 0 Å². The lowest BCUT2D eigenvalue weighted by Crippen LogP contribution is -2.03. The molecule has 0 radical (unpaired) electrons. The monoisotopic (exact) mass is 216 g/mol. The Balaban J connectivity index is 3.29. The molecule has 16 heavy (non-hydrogen) atoms. The van der Waals surface area contributed by atoms with Gasteiger partial charge in [0.15, 0.2) is 0 Å². The topological polar surface area (TPSA) is 47.6 Å². The summed E-state index contributed by atoms with van der Waals surface area (Å²) in [5, 5.41) is 17.6. The molecule has 0 atom stereocenters. The number of hydrogen-bond donors (Lipinski definition) is 0. The van der Waals surface area contributed by atoms with E-state index in [9.17, 15) is 4.39 Å². The maximum absolute atomic E-state index is 13.2. The van der Waals surface area contributed by atoms with Gasteiger partial charge in [-0.15, -0.1) is 0 Å². The molecule has 0 spiro atoms. The van der Waals surface area contributed by atoms with E-state index in [0.717, 1.165) is 5.56 Å². The molecular formula is C13H13FN2. The molecule has 3 heteroatoms. The molecule has 0 saturated carbocycles. The van der Waals surface area contributed by atoms with Crippen LogP contribution in [0.15, 0.2) is 12.1 Å². The Morgan fingerprint density at radius 2 is 2.00 bits per heavy atom. The molecule has 0 aliphatic carbocycles. The molecule has 0 saturated heterocycles. The van der Waals surface area contributed by atoms with Gasteiger partial charge in [-0.1, -0.05) is 13.8 Å². The van der Waals surface area contributed by atoms with Crippen LogP contribution in [0.4, 0.5) is 4.39 Å². The zero-order chi connectivity index (χ0) is 12.1. The van der Waals surface area contributed by atoms with Crippen LogP contribution in [0, 0.1) is 34.4 Å². The Kier molecular flexibility index (Phi) is 4.03. The van der Waals surface area contributed by atoms with Gasteiger partial charge in [-0.05, 0) is 35.6 Å². The van der Waals surface area contributed by atoms with Crippen molar-refractivity contribution >= 4 is 0 Å². The fourth-order valence-electron chi connectivity index (χ4n) is 1.69. The van der Waals surface area contributed by atoms with Crippen molar-refractivity contribution in [1.29, 1.82) is 10.5 Å². The highest BCUT2D eigenvalue weighted by Gasteiger charge is 2.12. The highest BCUT2D eigenvalue weighted by Crippen LogP contribution is 2.20. The van der Waals surface area contributed by atoms with Crippen molar-refractivity contribution in [2.75, 3.05) is 0 Å². The fraction of sp³-hybridized carbons (Fsp3) is 0.385. The average Bonchev–Trinajstić information content (AvgIpc) is 2.21. The van der Waals surface area contributed by atoms with E-state index in [1.54, 1.807) is 0 Å². The summed E-state index contributed by atoms with van der Waals surface area (Å²) >= 11 is 0. The van der Waals surface area contributed by atoms with Crippen molar-refractivity contribution in [2.24, 2.45) is 5.92 Å². The summed E-state index contributed by atoms with van der Waals surface area (Å²) in [7, 11) is 0. The molecule has 0 amide bonds. The first-order chi connectivity index (χ1) is 7.58. The molecule has 2 nitrogen and oxygen atoms in total. The van der Waals surface area contributed by atoms with E-state index >= 15 is 0 Å². The van der Waals surface area contributed by atoms with Gasteiger partial charge < -0.3 is 0 Å². The highest BCUT2D eigenvalue weighted by atomic mass is 19.1. The Hall–Kier alpha value is -1.87. The lowest BCUT2D eigenvalue weighted by molar-refractivity contribution is 0.615. The lowest BCUT2D eigenvalue weighted by Gasteiger charge is -2.11. The predicted octanol–water partition coefficient (Wildman–Crippen LogP) is 2.96. The van der Waals surface area contributed by atoms with Crippen molar-refractivity contribution < 1.29 is 4.39 Å². The smallest absolute Gasteiger partial charge is 0.124 e. The number of benzene rings is 1. The zero-order valence-corrected chi connectivity index (χ0v) is 9.42. The number of hydrogen-bond acceptors (Lipinski definition) is 2. The molecular weight excluding hydrogens is 203 g/mol. The normalized spacial score (nSPS) is 9.88. The van der Waals surface area contributed by atoms with E-state index in [-0.39, 0.29) is 6.42 Å². The molecule has 0 heterocycles. The summed E-state index contributed by atoms with van der Waals surface area (Å²) in [6.45, 7) is 4.06. The van der Waals surface area contributed by atoms with Crippen molar-refractivity contribution in [2.45, 2.75) is 26.7 Å². The summed E-state index contributed by atoms with van der Waals surface area (Å²) in [5.41, 5.74) is 1.78. The summed E-state index contributed by atoms with van der Waals surface area (Å²) in [6.07, 6.45) is 0.842. The first kappa shape index (κ1) is 12.2. The first-order valence-electron chi connectivity index (χ1n) is 5.16. The van der Waals surface area contributed by atoms with Gasteiger partial charge >= 0.3 is 0 Å².